The number of anilines is 1. The molecule has 6 heteroatoms. The van der Waals surface area contributed by atoms with Crippen LogP contribution in [-0.2, 0) is 11.2 Å². The summed E-state index contributed by atoms with van der Waals surface area (Å²) in [4.78, 5) is 19.7. The average molecular weight is 288 g/mol. The SMILES string of the molecule is Cc1nccc(NCC(Cc2ccc(F)cc2)C(N)=O)n1. The van der Waals surface area contributed by atoms with E-state index < -0.39 is 11.8 Å². The van der Waals surface area contributed by atoms with E-state index in [1.165, 1.54) is 12.1 Å². The fourth-order valence-corrected chi connectivity index (χ4v) is 1.96. The van der Waals surface area contributed by atoms with Gasteiger partial charge in [-0.25, -0.2) is 14.4 Å². The van der Waals surface area contributed by atoms with Crippen molar-refractivity contribution in [3.63, 3.8) is 0 Å². The van der Waals surface area contributed by atoms with E-state index in [0.717, 1.165) is 5.56 Å². The largest absolute Gasteiger partial charge is 0.369 e. The maximum atomic E-state index is 12.9. The van der Waals surface area contributed by atoms with Gasteiger partial charge in [-0.15, -0.1) is 0 Å². The normalized spacial score (nSPS) is 11.9. The zero-order valence-corrected chi connectivity index (χ0v) is 11.7. The van der Waals surface area contributed by atoms with E-state index in [4.69, 9.17) is 5.73 Å². The highest BCUT2D eigenvalue weighted by atomic mass is 19.1. The Morgan fingerprint density at radius 1 is 1.33 bits per heavy atom. The van der Waals surface area contributed by atoms with Gasteiger partial charge in [-0.2, -0.15) is 0 Å². The Hall–Kier alpha value is -2.50. The van der Waals surface area contributed by atoms with Crippen LogP contribution in [0.25, 0.3) is 0 Å². The number of nitrogens with zero attached hydrogens (tertiary/aromatic N) is 2. The molecule has 2 aromatic rings. The van der Waals surface area contributed by atoms with Crippen molar-refractivity contribution < 1.29 is 9.18 Å². The van der Waals surface area contributed by atoms with Gasteiger partial charge >= 0.3 is 0 Å². The number of aromatic nitrogens is 2. The molecule has 1 heterocycles. The number of nitrogens with one attached hydrogen (secondary N) is 1. The molecule has 1 aromatic carbocycles. The van der Waals surface area contributed by atoms with Crippen molar-refractivity contribution in [2.24, 2.45) is 11.7 Å². The lowest BCUT2D eigenvalue weighted by Crippen LogP contribution is -2.31. The smallest absolute Gasteiger partial charge is 0.222 e. The Bertz CT molecular complexity index is 615. The van der Waals surface area contributed by atoms with Crippen LogP contribution in [-0.4, -0.2) is 22.4 Å². The van der Waals surface area contributed by atoms with Gasteiger partial charge in [-0.1, -0.05) is 12.1 Å². The van der Waals surface area contributed by atoms with Gasteiger partial charge in [-0.05, 0) is 37.1 Å². The Morgan fingerprint density at radius 2 is 2.05 bits per heavy atom. The summed E-state index contributed by atoms with van der Waals surface area (Å²) < 4.78 is 12.9. The summed E-state index contributed by atoms with van der Waals surface area (Å²) in [5, 5.41) is 3.07. The molecule has 110 valence electrons. The predicted molar refractivity (Wildman–Crippen MR) is 78.0 cm³/mol. The second-order valence-corrected chi connectivity index (χ2v) is 4.80. The molecule has 2 rings (SSSR count). The maximum Gasteiger partial charge on any atom is 0.222 e. The standard InChI is InChI=1S/C15H17FN4O/c1-10-18-7-6-14(20-10)19-9-12(15(17)21)8-11-2-4-13(16)5-3-11/h2-7,12H,8-9H2,1H3,(H2,17,21)(H,18,19,20). The van der Waals surface area contributed by atoms with Gasteiger partial charge in [0.1, 0.15) is 17.5 Å². The lowest BCUT2D eigenvalue weighted by Gasteiger charge is -2.15. The first-order chi connectivity index (χ1) is 10.0. The molecule has 0 fully saturated rings. The van der Waals surface area contributed by atoms with Crippen molar-refractivity contribution in [1.29, 1.82) is 0 Å². The van der Waals surface area contributed by atoms with Gasteiger partial charge in [0.25, 0.3) is 0 Å². The topological polar surface area (TPSA) is 80.9 Å². The molecule has 5 nitrogen and oxygen atoms in total. The highest BCUT2D eigenvalue weighted by Crippen LogP contribution is 2.11. The van der Waals surface area contributed by atoms with E-state index in [9.17, 15) is 9.18 Å². The third-order valence-corrected chi connectivity index (χ3v) is 3.10. The number of carbonyl (C=O) groups is 1. The minimum atomic E-state index is -0.405. The fourth-order valence-electron chi connectivity index (χ4n) is 1.96. The summed E-state index contributed by atoms with van der Waals surface area (Å²) in [6, 6.07) is 7.77. The van der Waals surface area contributed by atoms with Crippen LogP contribution in [0.15, 0.2) is 36.5 Å². The summed E-state index contributed by atoms with van der Waals surface area (Å²) in [5.74, 6) is 0.189. The first kappa shape index (κ1) is 14.9. The third-order valence-electron chi connectivity index (χ3n) is 3.10. The Balaban J connectivity index is 1.99. The van der Waals surface area contributed by atoms with Gasteiger partial charge in [0.15, 0.2) is 0 Å². The Labute approximate surface area is 122 Å². The molecule has 0 saturated heterocycles. The molecule has 0 saturated carbocycles. The van der Waals surface area contributed by atoms with Gasteiger partial charge in [0, 0.05) is 12.7 Å². The second-order valence-electron chi connectivity index (χ2n) is 4.80. The zero-order valence-electron chi connectivity index (χ0n) is 11.7. The minimum Gasteiger partial charge on any atom is -0.369 e. The van der Waals surface area contributed by atoms with Crippen LogP contribution >= 0.6 is 0 Å². The Morgan fingerprint density at radius 3 is 2.67 bits per heavy atom. The monoisotopic (exact) mass is 288 g/mol. The second kappa shape index (κ2) is 6.78. The maximum absolute atomic E-state index is 12.9. The van der Waals surface area contributed by atoms with Gasteiger partial charge in [0.05, 0.1) is 5.92 Å². The molecule has 3 N–H and O–H groups in total. The van der Waals surface area contributed by atoms with Crippen LogP contribution in [0, 0.1) is 18.7 Å². The molecular formula is C15H17FN4O. The van der Waals surface area contributed by atoms with E-state index in [1.54, 1.807) is 31.3 Å². The van der Waals surface area contributed by atoms with Crippen LogP contribution in [0.1, 0.15) is 11.4 Å². The number of nitrogens with two attached hydrogens (primary N) is 1. The van der Waals surface area contributed by atoms with E-state index in [1.807, 2.05) is 0 Å². The van der Waals surface area contributed by atoms with Gasteiger partial charge in [-0.3, -0.25) is 4.79 Å². The first-order valence-electron chi connectivity index (χ1n) is 6.62. The molecule has 1 unspecified atom stereocenters. The molecule has 0 bridgehead atoms. The highest BCUT2D eigenvalue weighted by molar-refractivity contribution is 5.77. The van der Waals surface area contributed by atoms with Crippen molar-refractivity contribution in [2.75, 3.05) is 11.9 Å². The Kier molecular flexibility index (Phi) is 4.81. The number of benzene rings is 1. The molecule has 0 aliphatic rings. The van der Waals surface area contributed by atoms with Gasteiger partial charge < -0.3 is 11.1 Å². The average Bonchev–Trinajstić information content (AvgIpc) is 2.45. The molecular weight excluding hydrogens is 271 g/mol. The molecule has 21 heavy (non-hydrogen) atoms. The van der Waals surface area contributed by atoms with Crippen molar-refractivity contribution in [3.8, 4) is 0 Å². The number of aryl methyl sites for hydroxylation is 1. The lowest BCUT2D eigenvalue weighted by atomic mass is 9.98. The van der Waals surface area contributed by atoms with Gasteiger partial charge in [0.2, 0.25) is 5.91 Å². The molecule has 0 radical (unpaired) electrons. The van der Waals surface area contributed by atoms with Crippen LogP contribution in [0.2, 0.25) is 0 Å². The number of hydrogen-bond acceptors (Lipinski definition) is 4. The summed E-state index contributed by atoms with van der Waals surface area (Å²) >= 11 is 0. The summed E-state index contributed by atoms with van der Waals surface area (Å²) in [7, 11) is 0. The van der Waals surface area contributed by atoms with Crippen molar-refractivity contribution >= 4 is 11.7 Å². The molecule has 1 atom stereocenters. The zero-order chi connectivity index (χ0) is 15.2. The number of hydrogen-bond donors (Lipinski definition) is 2. The number of primary amides is 1. The summed E-state index contributed by atoms with van der Waals surface area (Å²) in [5.41, 5.74) is 6.28. The predicted octanol–water partition coefficient (Wildman–Crippen LogP) is 1.68. The number of halogens is 1. The molecule has 1 amide bonds. The molecule has 0 aliphatic heterocycles. The third kappa shape index (κ3) is 4.52. The lowest BCUT2D eigenvalue weighted by molar-refractivity contribution is -0.121. The number of amides is 1. The van der Waals surface area contributed by atoms with E-state index in [0.29, 0.717) is 24.6 Å². The van der Waals surface area contributed by atoms with E-state index >= 15 is 0 Å². The fraction of sp³-hybridized carbons (Fsp3) is 0.267. The summed E-state index contributed by atoms with van der Waals surface area (Å²) in [6.07, 6.45) is 2.09. The van der Waals surface area contributed by atoms with E-state index in [2.05, 4.69) is 15.3 Å². The quantitative estimate of drug-likeness (QED) is 0.847. The molecule has 0 aliphatic carbocycles. The number of rotatable bonds is 6. The van der Waals surface area contributed by atoms with Crippen molar-refractivity contribution in [1.82, 2.24) is 9.97 Å². The highest BCUT2D eigenvalue weighted by Gasteiger charge is 2.16. The molecule has 0 spiro atoms. The van der Waals surface area contributed by atoms with E-state index in [-0.39, 0.29) is 5.82 Å². The summed E-state index contributed by atoms with van der Waals surface area (Å²) in [6.45, 7) is 2.15. The van der Waals surface area contributed by atoms with Crippen LogP contribution in [0.3, 0.4) is 0 Å². The minimum absolute atomic E-state index is 0.302. The van der Waals surface area contributed by atoms with Crippen LogP contribution < -0.4 is 11.1 Å². The molecule has 1 aromatic heterocycles. The van der Waals surface area contributed by atoms with Crippen molar-refractivity contribution in [2.45, 2.75) is 13.3 Å². The van der Waals surface area contributed by atoms with Crippen LogP contribution in [0.5, 0.6) is 0 Å². The number of carbonyl (C=O) groups excluding carboxylic acids is 1. The van der Waals surface area contributed by atoms with Crippen molar-refractivity contribution in [3.05, 3.63) is 53.7 Å². The first-order valence-corrected chi connectivity index (χ1v) is 6.62. The van der Waals surface area contributed by atoms with Crippen LogP contribution in [0.4, 0.5) is 10.2 Å².